The third kappa shape index (κ3) is 5.27. The van der Waals surface area contributed by atoms with E-state index < -0.39 is 6.04 Å². The maximum atomic E-state index is 12.0. The first-order valence-corrected chi connectivity index (χ1v) is 7.15. The van der Waals surface area contributed by atoms with E-state index >= 15 is 0 Å². The fourth-order valence-electron chi connectivity index (χ4n) is 1.73. The molecule has 5 heteroatoms. The zero-order chi connectivity index (χ0) is 16.2. The summed E-state index contributed by atoms with van der Waals surface area (Å²) in [6, 6.07) is 3.76. The van der Waals surface area contributed by atoms with Crippen LogP contribution in [0.4, 0.5) is 0 Å². The first kappa shape index (κ1) is 17.3. The summed E-state index contributed by atoms with van der Waals surface area (Å²) in [6.07, 6.45) is 0.309. The fourth-order valence-corrected chi connectivity index (χ4v) is 1.73. The molecule has 21 heavy (non-hydrogen) atoms. The van der Waals surface area contributed by atoms with E-state index in [-0.39, 0.29) is 22.8 Å². The summed E-state index contributed by atoms with van der Waals surface area (Å²) in [7, 11) is 0. The Balaban J connectivity index is 2.53. The van der Waals surface area contributed by atoms with Crippen LogP contribution in [0, 0.1) is 11.3 Å². The van der Waals surface area contributed by atoms with Crippen molar-refractivity contribution in [1.82, 2.24) is 5.32 Å². The van der Waals surface area contributed by atoms with Gasteiger partial charge in [0.2, 0.25) is 5.91 Å². The van der Waals surface area contributed by atoms with Gasteiger partial charge >= 0.3 is 0 Å². The largest absolute Gasteiger partial charge is 0.504 e. The van der Waals surface area contributed by atoms with Gasteiger partial charge in [0.05, 0.1) is 6.04 Å². The Morgan fingerprint density at radius 1 is 1.29 bits per heavy atom. The van der Waals surface area contributed by atoms with E-state index in [1.807, 2.05) is 0 Å². The number of rotatable bonds is 5. The van der Waals surface area contributed by atoms with E-state index in [9.17, 15) is 15.0 Å². The van der Waals surface area contributed by atoms with E-state index in [4.69, 9.17) is 5.73 Å². The summed E-state index contributed by atoms with van der Waals surface area (Å²) in [5, 5.41) is 21.5. The van der Waals surface area contributed by atoms with Crippen LogP contribution in [0.25, 0.3) is 0 Å². The lowest BCUT2D eigenvalue weighted by atomic mass is 9.82. The molecular formula is C16H26N2O3. The lowest BCUT2D eigenvalue weighted by molar-refractivity contribution is -0.122. The van der Waals surface area contributed by atoms with E-state index in [1.165, 1.54) is 12.1 Å². The molecule has 118 valence electrons. The van der Waals surface area contributed by atoms with Crippen molar-refractivity contribution >= 4 is 5.91 Å². The molecule has 0 bridgehead atoms. The number of nitrogens with two attached hydrogens (primary N) is 1. The Morgan fingerprint density at radius 2 is 1.90 bits per heavy atom. The summed E-state index contributed by atoms with van der Waals surface area (Å²) in [5.41, 5.74) is 6.71. The van der Waals surface area contributed by atoms with Crippen molar-refractivity contribution < 1.29 is 15.0 Å². The number of phenols is 2. The number of nitrogens with one attached hydrogen (secondary N) is 1. The standard InChI is InChI=1S/C16H26N2O3/c1-10(16(2,3)4)9-18-15(21)12(17)7-11-5-6-13(19)14(20)8-11/h5-6,8,10,12,19-20H,7,9,17H2,1-4H3,(H,18,21)/t10?,12-/m0/s1. The van der Waals surface area contributed by atoms with Gasteiger partial charge in [-0.1, -0.05) is 33.8 Å². The molecule has 0 heterocycles. The summed E-state index contributed by atoms with van der Waals surface area (Å²) in [5.74, 6) is -0.262. The topological polar surface area (TPSA) is 95.6 Å². The zero-order valence-corrected chi connectivity index (χ0v) is 13.2. The normalized spacial score (nSPS) is 14.5. The van der Waals surface area contributed by atoms with Crippen LogP contribution in [0.5, 0.6) is 11.5 Å². The van der Waals surface area contributed by atoms with Crippen LogP contribution < -0.4 is 11.1 Å². The molecule has 0 aliphatic heterocycles. The molecular weight excluding hydrogens is 268 g/mol. The van der Waals surface area contributed by atoms with Gasteiger partial charge in [-0.15, -0.1) is 0 Å². The van der Waals surface area contributed by atoms with Crippen LogP contribution in [0.1, 0.15) is 33.3 Å². The van der Waals surface area contributed by atoms with Gasteiger partial charge in [0.15, 0.2) is 11.5 Å². The number of hydrogen-bond donors (Lipinski definition) is 4. The number of aromatic hydroxyl groups is 2. The number of amides is 1. The van der Waals surface area contributed by atoms with Gasteiger partial charge in [-0.2, -0.15) is 0 Å². The average Bonchev–Trinajstić information content (AvgIpc) is 2.38. The van der Waals surface area contributed by atoms with Crippen molar-refractivity contribution in [3.63, 3.8) is 0 Å². The van der Waals surface area contributed by atoms with Crippen molar-refractivity contribution in [2.75, 3.05) is 6.54 Å². The van der Waals surface area contributed by atoms with Crippen LogP contribution in [-0.4, -0.2) is 28.7 Å². The third-order valence-corrected chi connectivity index (χ3v) is 3.89. The molecule has 0 saturated carbocycles. The van der Waals surface area contributed by atoms with Crippen LogP contribution in [0.3, 0.4) is 0 Å². The van der Waals surface area contributed by atoms with Crippen molar-refractivity contribution in [2.45, 2.75) is 40.2 Å². The summed E-state index contributed by atoms with van der Waals surface area (Å²) < 4.78 is 0. The van der Waals surface area contributed by atoms with Crippen LogP contribution in [-0.2, 0) is 11.2 Å². The number of phenolic OH excluding ortho intramolecular Hbond substituents is 2. The fraction of sp³-hybridized carbons (Fsp3) is 0.562. The van der Waals surface area contributed by atoms with Gasteiger partial charge < -0.3 is 21.3 Å². The molecule has 0 spiro atoms. The molecule has 5 nitrogen and oxygen atoms in total. The summed E-state index contributed by atoms with van der Waals surface area (Å²) >= 11 is 0. The quantitative estimate of drug-likeness (QED) is 0.622. The molecule has 0 aromatic heterocycles. The van der Waals surface area contributed by atoms with Gasteiger partial charge in [0.1, 0.15) is 0 Å². The molecule has 1 aromatic carbocycles. The second kappa shape index (κ2) is 6.80. The Labute approximate surface area is 126 Å². The van der Waals surface area contributed by atoms with Crippen LogP contribution in [0.2, 0.25) is 0 Å². The SMILES string of the molecule is CC(CNC(=O)[C@@H](N)Cc1ccc(O)c(O)c1)C(C)(C)C. The molecule has 2 atom stereocenters. The summed E-state index contributed by atoms with van der Waals surface area (Å²) in [4.78, 5) is 12.0. The van der Waals surface area contributed by atoms with Gasteiger partial charge in [0.25, 0.3) is 0 Å². The van der Waals surface area contributed by atoms with Gasteiger partial charge in [-0.3, -0.25) is 4.79 Å². The predicted molar refractivity (Wildman–Crippen MR) is 83.1 cm³/mol. The van der Waals surface area contributed by atoms with E-state index in [1.54, 1.807) is 6.07 Å². The number of carbonyl (C=O) groups excluding carboxylic acids is 1. The van der Waals surface area contributed by atoms with Gasteiger partial charge in [-0.25, -0.2) is 0 Å². The second-order valence-corrected chi connectivity index (χ2v) is 6.65. The Hall–Kier alpha value is -1.75. The number of hydrogen-bond acceptors (Lipinski definition) is 4. The first-order valence-electron chi connectivity index (χ1n) is 7.15. The molecule has 0 saturated heterocycles. The highest BCUT2D eigenvalue weighted by Gasteiger charge is 2.22. The molecule has 0 aliphatic rings. The lowest BCUT2D eigenvalue weighted by Crippen LogP contribution is -2.44. The molecule has 0 aliphatic carbocycles. The highest BCUT2D eigenvalue weighted by atomic mass is 16.3. The summed E-state index contributed by atoms with van der Waals surface area (Å²) in [6.45, 7) is 9.05. The van der Waals surface area contributed by atoms with Crippen molar-refractivity contribution in [3.05, 3.63) is 23.8 Å². The monoisotopic (exact) mass is 294 g/mol. The molecule has 1 unspecified atom stereocenters. The van der Waals surface area contributed by atoms with E-state index in [2.05, 4.69) is 33.0 Å². The maximum Gasteiger partial charge on any atom is 0.237 e. The van der Waals surface area contributed by atoms with E-state index in [0.29, 0.717) is 24.4 Å². The molecule has 0 fully saturated rings. The highest BCUT2D eigenvalue weighted by molar-refractivity contribution is 5.81. The number of benzene rings is 1. The van der Waals surface area contributed by atoms with Crippen molar-refractivity contribution in [1.29, 1.82) is 0 Å². The number of carbonyl (C=O) groups is 1. The van der Waals surface area contributed by atoms with Crippen LogP contribution in [0.15, 0.2) is 18.2 Å². The predicted octanol–water partition coefficient (Wildman–Crippen LogP) is 1.77. The molecule has 0 radical (unpaired) electrons. The first-order chi connectivity index (χ1) is 9.61. The minimum absolute atomic E-state index is 0.125. The highest BCUT2D eigenvalue weighted by Crippen LogP contribution is 2.26. The second-order valence-electron chi connectivity index (χ2n) is 6.65. The maximum absolute atomic E-state index is 12.0. The minimum Gasteiger partial charge on any atom is -0.504 e. The van der Waals surface area contributed by atoms with E-state index in [0.717, 1.165) is 0 Å². The molecule has 1 rings (SSSR count). The molecule has 5 N–H and O–H groups in total. The smallest absolute Gasteiger partial charge is 0.237 e. The average molecular weight is 294 g/mol. The van der Waals surface area contributed by atoms with Gasteiger partial charge in [0, 0.05) is 6.54 Å². The Bertz CT molecular complexity index is 495. The lowest BCUT2D eigenvalue weighted by Gasteiger charge is -2.27. The third-order valence-electron chi connectivity index (χ3n) is 3.89. The Kier molecular flexibility index (Phi) is 5.61. The van der Waals surface area contributed by atoms with Crippen LogP contribution >= 0.6 is 0 Å². The minimum atomic E-state index is -0.680. The van der Waals surface area contributed by atoms with Crippen molar-refractivity contribution in [2.24, 2.45) is 17.1 Å². The van der Waals surface area contributed by atoms with Crippen molar-refractivity contribution in [3.8, 4) is 11.5 Å². The molecule has 1 aromatic rings. The zero-order valence-electron chi connectivity index (χ0n) is 13.2. The molecule has 1 amide bonds. The Morgan fingerprint density at radius 3 is 2.43 bits per heavy atom. The van der Waals surface area contributed by atoms with Gasteiger partial charge in [-0.05, 0) is 35.4 Å².